The lowest BCUT2D eigenvalue weighted by Crippen LogP contribution is -2.37. The van der Waals surface area contributed by atoms with Gasteiger partial charge in [-0.2, -0.15) is 0 Å². The smallest absolute Gasteiger partial charge is 0.0598 e. The molecule has 3 nitrogen and oxygen atoms in total. The maximum atomic E-state index is 9.36. The lowest BCUT2D eigenvalue weighted by atomic mass is 9.76. The average molecular weight is 218 g/mol. The Balaban J connectivity index is 4.19. The zero-order valence-corrected chi connectivity index (χ0v) is 10.7. The van der Waals surface area contributed by atoms with Crippen LogP contribution in [0.4, 0.5) is 0 Å². The van der Waals surface area contributed by atoms with Crippen molar-refractivity contribution in [3.63, 3.8) is 0 Å². The Morgan fingerprint density at radius 1 is 1.07 bits per heavy atom. The van der Waals surface area contributed by atoms with Crippen molar-refractivity contribution in [2.75, 3.05) is 19.8 Å². The molecule has 15 heavy (non-hydrogen) atoms. The summed E-state index contributed by atoms with van der Waals surface area (Å²) >= 11 is 0. The SMILES string of the molecule is CC(C)C(CO)(CO)CCOC(C)(C)C. The Kier molecular flexibility index (Phi) is 5.78. The molecule has 3 heteroatoms. The summed E-state index contributed by atoms with van der Waals surface area (Å²) in [6, 6.07) is 0. The Morgan fingerprint density at radius 3 is 1.80 bits per heavy atom. The van der Waals surface area contributed by atoms with Gasteiger partial charge in [0, 0.05) is 12.0 Å². The minimum absolute atomic E-state index is 0.00860. The normalized spacial score (nSPS) is 13.6. The fourth-order valence-corrected chi connectivity index (χ4v) is 1.42. The van der Waals surface area contributed by atoms with Gasteiger partial charge in [-0.25, -0.2) is 0 Å². The van der Waals surface area contributed by atoms with Crippen LogP contribution in [0, 0.1) is 11.3 Å². The molecule has 0 aromatic rings. The highest BCUT2D eigenvalue weighted by Gasteiger charge is 2.32. The van der Waals surface area contributed by atoms with Crippen LogP contribution >= 0.6 is 0 Å². The third-order valence-electron chi connectivity index (χ3n) is 2.99. The van der Waals surface area contributed by atoms with Crippen molar-refractivity contribution in [2.24, 2.45) is 11.3 Å². The van der Waals surface area contributed by atoms with E-state index in [1.165, 1.54) is 0 Å². The van der Waals surface area contributed by atoms with E-state index < -0.39 is 5.41 Å². The van der Waals surface area contributed by atoms with Crippen molar-refractivity contribution >= 4 is 0 Å². The molecule has 0 aliphatic carbocycles. The van der Waals surface area contributed by atoms with Gasteiger partial charge in [-0.05, 0) is 33.1 Å². The molecule has 0 atom stereocenters. The molecule has 0 saturated carbocycles. The van der Waals surface area contributed by atoms with Crippen LogP contribution in [0.1, 0.15) is 41.0 Å². The van der Waals surface area contributed by atoms with Crippen LogP contribution in [-0.2, 0) is 4.74 Å². The fourth-order valence-electron chi connectivity index (χ4n) is 1.42. The summed E-state index contributed by atoms with van der Waals surface area (Å²) in [5.74, 6) is 0.246. The van der Waals surface area contributed by atoms with Crippen molar-refractivity contribution in [3.05, 3.63) is 0 Å². The number of hydrogen-bond acceptors (Lipinski definition) is 3. The molecule has 0 aromatic carbocycles. The van der Waals surface area contributed by atoms with Crippen LogP contribution in [0.25, 0.3) is 0 Å². The number of rotatable bonds is 6. The van der Waals surface area contributed by atoms with Crippen LogP contribution in [0.3, 0.4) is 0 Å². The van der Waals surface area contributed by atoms with Crippen molar-refractivity contribution < 1.29 is 14.9 Å². The van der Waals surface area contributed by atoms with Crippen LogP contribution < -0.4 is 0 Å². The zero-order chi connectivity index (χ0) is 12.1. The van der Waals surface area contributed by atoms with E-state index in [9.17, 15) is 10.2 Å². The fraction of sp³-hybridized carbons (Fsp3) is 1.00. The Hall–Kier alpha value is -0.120. The molecule has 0 bridgehead atoms. The van der Waals surface area contributed by atoms with E-state index in [1.54, 1.807) is 0 Å². The Bertz CT molecular complexity index is 166. The predicted molar refractivity (Wildman–Crippen MR) is 61.8 cm³/mol. The number of aliphatic hydroxyl groups excluding tert-OH is 2. The second-order valence-corrected chi connectivity index (χ2v) is 5.54. The third-order valence-corrected chi connectivity index (χ3v) is 2.99. The molecule has 0 aromatic heterocycles. The van der Waals surface area contributed by atoms with E-state index >= 15 is 0 Å². The molecule has 0 rings (SSSR count). The molecule has 0 amide bonds. The average Bonchev–Trinajstić information content (AvgIpc) is 2.10. The van der Waals surface area contributed by atoms with Crippen LogP contribution in [0.5, 0.6) is 0 Å². The molecule has 0 radical (unpaired) electrons. The molecule has 0 saturated heterocycles. The van der Waals surface area contributed by atoms with Gasteiger partial charge in [-0.15, -0.1) is 0 Å². The minimum Gasteiger partial charge on any atom is -0.396 e. The largest absolute Gasteiger partial charge is 0.396 e. The highest BCUT2D eigenvalue weighted by Crippen LogP contribution is 2.31. The molecule has 0 aliphatic heterocycles. The van der Waals surface area contributed by atoms with E-state index in [0.29, 0.717) is 13.0 Å². The summed E-state index contributed by atoms with van der Waals surface area (Å²) in [4.78, 5) is 0. The van der Waals surface area contributed by atoms with E-state index in [2.05, 4.69) is 0 Å². The van der Waals surface area contributed by atoms with Crippen LogP contribution in [0.2, 0.25) is 0 Å². The standard InChI is InChI=1S/C12H26O3/c1-10(2)12(8-13,9-14)6-7-15-11(3,4)5/h10,13-14H,6-9H2,1-5H3. The summed E-state index contributed by atoms with van der Waals surface area (Å²) in [6.07, 6.45) is 0.689. The minimum atomic E-state index is -0.411. The summed E-state index contributed by atoms with van der Waals surface area (Å²) in [7, 11) is 0. The second-order valence-electron chi connectivity index (χ2n) is 5.54. The zero-order valence-electron chi connectivity index (χ0n) is 10.7. The highest BCUT2D eigenvalue weighted by molar-refractivity contribution is 4.81. The number of ether oxygens (including phenoxy) is 1. The molecular formula is C12H26O3. The van der Waals surface area contributed by atoms with Crippen LogP contribution in [-0.4, -0.2) is 35.6 Å². The van der Waals surface area contributed by atoms with E-state index in [0.717, 1.165) is 0 Å². The lowest BCUT2D eigenvalue weighted by molar-refractivity contribution is -0.0534. The molecule has 0 aliphatic rings. The van der Waals surface area contributed by atoms with Gasteiger partial charge in [0.25, 0.3) is 0 Å². The first-order valence-electron chi connectivity index (χ1n) is 5.63. The van der Waals surface area contributed by atoms with E-state index in [4.69, 9.17) is 4.74 Å². The van der Waals surface area contributed by atoms with Crippen molar-refractivity contribution in [3.8, 4) is 0 Å². The van der Waals surface area contributed by atoms with E-state index in [1.807, 2.05) is 34.6 Å². The van der Waals surface area contributed by atoms with Gasteiger partial charge in [-0.1, -0.05) is 13.8 Å². The van der Waals surface area contributed by atoms with Crippen LogP contribution in [0.15, 0.2) is 0 Å². The van der Waals surface area contributed by atoms with Gasteiger partial charge in [0.2, 0.25) is 0 Å². The van der Waals surface area contributed by atoms with Crippen molar-refractivity contribution in [2.45, 2.75) is 46.6 Å². The van der Waals surface area contributed by atoms with Gasteiger partial charge in [-0.3, -0.25) is 0 Å². The molecule has 0 fully saturated rings. The molecular weight excluding hydrogens is 192 g/mol. The summed E-state index contributed by atoms with van der Waals surface area (Å²) in [6.45, 7) is 10.6. The Morgan fingerprint density at radius 2 is 1.53 bits per heavy atom. The van der Waals surface area contributed by atoms with Gasteiger partial charge in [0.15, 0.2) is 0 Å². The quantitative estimate of drug-likeness (QED) is 0.715. The first-order chi connectivity index (χ1) is 6.77. The monoisotopic (exact) mass is 218 g/mol. The maximum Gasteiger partial charge on any atom is 0.0598 e. The number of hydrogen-bond donors (Lipinski definition) is 2. The molecule has 2 N–H and O–H groups in total. The summed E-state index contributed by atoms with van der Waals surface area (Å²) in [5, 5.41) is 18.7. The predicted octanol–water partition coefficient (Wildman–Crippen LogP) is 1.82. The highest BCUT2D eigenvalue weighted by atomic mass is 16.5. The van der Waals surface area contributed by atoms with Gasteiger partial charge in [0.1, 0.15) is 0 Å². The maximum absolute atomic E-state index is 9.36. The summed E-state index contributed by atoms with van der Waals surface area (Å²) < 4.78 is 5.62. The lowest BCUT2D eigenvalue weighted by Gasteiger charge is -2.35. The topological polar surface area (TPSA) is 49.7 Å². The Labute approximate surface area is 93.5 Å². The summed E-state index contributed by atoms with van der Waals surface area (Å²) in [5.41, 5.74) is -0.571. The van der Waals surface area contributed by atoms with Gasteiger partial charge >= 0.3 is 0 Å². The van der Waals surface area contributed by atoms with E-state index in [-0.39, 0.29) is 24.7 Å². The first kappa shape index (κ1) is 14.9. The molecule has 0 unspecified atom stereocenters. The third kappa shape index (κ3) is 4.96. The van der Waals surface area contributed by atoms with Crippen molar-refractivity contribution in [1.29, 1.82) is 0 Å². The number of aliphatic hydroxyl groups is 2. The first-order valence-corrected chi connectivity index (χ1v) is 5.63. The van der Waals surface area contributed by atoms with Gasteiger partial charge < -0.3 is 14.9 Å². The van der Waals surface area contributed by atoms with Crippen molar-refractivity contribution in [1.82, 2.24) is 0 Å². The molecule has 0 heterocycles. The molecule has 92 valence electrons. The second kappa shape index (κ2) is 5.83. The van der Waals surface area contributed by atoms with Gasteiger partial charge in [0.05, 0.1) is 18.8 Å². The molecule has 0 spiro atoms.